The molecule has 1 N–H and O–H groups in total. The van der Waals surface area contributed by atoms with Gasteiger partial charge in [0.1, 0.15) is 18.2 Å². The molecular weight excluding hydrogens is 300 g/mol. The first-order valence-corrected chi connectivity index (χ1v) is 7.21. The number of carbonyl (C=O) groups excluding carboxylic acids is 1. The SMILES string of the molecule is O=C(NCCC=Cc1cc(F)ccc1F)OCc1ccccc1. The Hall–Kier alpha value is -2.69. The third-order valence-corrected chi connectivity index (χ3v) is 3.05. The van der Waals surface area contributed by atoms with Crippen molar-refractivity contribution in [1.29, 1.82) is 0 Å². The second kappa shape index (κ2) is 8.68. The molecule has 2 aromatic rings. The highest BCUT2D eigenvalue weighted by Gasteiger charge is 2.02. The van der Waals surface area contributed by atoms with Gasteiger partial charge in [0.2, 0.25) is 0 Å². The second-order valence-corrected chi connectivity index (χ2v) is 4.85. The first-order chi connectivity index (χ1) is 11.1. The summed E-state index contributed by atoms with van der Waals surface area (Å²) in [5, 5.41) is 2.58. The summed E-state index contributed by atoms with van der Waals surface area (Å²) in [6.07, 6.45) is 3.11. The van der Waals surface area contributed by atoms with E-state index in [4.69, 9.17) is 4.74 Å². The fraction of sp³-hybridized carbons (Fsp3) is 0.167. The Labute approximate surface area is 133 Å². The van der Waals surface area contributed by atoms with E-state index >= 15 is 0 Å². The van der Waals surface area contributed by atoms with Gasteiger partial charge in [0, 0.05) is 12.1 Å². The molecule has 5 heteroatoms. The maximum absolute atomic E-state index is 13.4. The number of ether oxygens (including phenoxy) is 1. The van der Waals surface area contributed by atoms with E-state index in [-0.39, 0.29) is 12.2 Å². The molecule has 0 aliphatic carbocycles. The second-order valence-electron chi connectivity index (χ2n) is 4.85. The molecule has 2 aromatic carbocycles. The largest absolute Gasteiger partial charge is 0.445 e. The van der Waals surface area contributed by atoms with Gasteiger partial charge in [-0.25, -0.2) is 13.6 Å². The molecule has 0 radical (unpaired) electrons. The van der Waals surface area contributed by atoms with E-state index in [2.05, 4.69) is 5.32 Å². The zero-order valence-electron chi connectivity index (χ0n) is 12.5. The standard InChI is InChI=1S/C18H17F2NO2/c19-16-9-10-17(20)15(12-16)8-4-5-11-21-18(22)23-13-14-6-2-1-3-7-14/h1-4,6-10,12H,5,11,13H2,(H,21,22). The smallest absolute Gasteiger partial charge is 0.407 e. The Bertz CT molecular complexity index is 672. The van der Waals surface area contributed by atoms with Crippen LogP contribution in [0.3, 0.4) is 0 Å². The first-order valence-electron chi connectivity index (χ1n) is 7.21. The Morgan fingerprint density at radius 2 is 1.91 bits per heavy atom. The van der Waals surface area contributed by atoms with Crippen molar-refractivity contribution < 1.29 is 18.3 Å². The minimum Gasteiger partial charge on any atom is -0.445 e. The lowest BCUT2D eigenvalue weighted by molar-refractivity contribution is 0.140. The number of hydrogen-bond donors (Lipinski definition) is 1. The van der Waals surface area contributed by atoms with Crippen LogP contribution in [-0.4, -0.2) is 12.6 Å². The number of benzene rings is 2. The summed E-state index contributed by atoms with van der Waals surface area (Å²) in [5.74, 6) is -0.980. The van der Waals surface area contributed by atoms with Gasteiger partial charge >= 0.3 is 6.09 Å². The molecule has 0 saturated heterocycles. The van der Waals surface area contributed by atoms with Crippen molar-refractivity contribution >= 4 is 12.2 Å². The summed E-state index contributed by atoms with van der Waals surface area (Å²) in [4.78, 5) is 11.5. The Morgan fingerprint density at radius 3 is 2.70 bits per heavy atom. The average Bonchev–Trinajstić information content (AvgIpc) is 2.56. The number of amides is 1. The molecular formula is C18H17F2NO2. The number of halogens is 2. The van der Waals surface area contributed by atoms with E-state index in [1.807, 2.05) is 30.3 Å². The topological polar surface area (TPSA) is 38.3 Å². The molecule has 23 heavy (non-hydrogen) atoms. The fourth-order valence-corrected chi connectivity index (χ4v) is 1.88. The molecule has 0 aliphatic rings. The van der Waals surface area contributed by atoms with Gasteiger partial charge < -0.3 is 10.1 Å². The lowest BCUT2D eigenvalue weighted by Crippen LogP contribution is -2.24. The minimum absolute atomic E-state index is 0.177. The summed E-state index contributed by atoms with van der Waals surface area (Å²) in [6, 6.07) is 12.6. The Kier molecular flexibility index (Phi) is 6.29. The monoisotopic (exact) mass is 317 g/mol. The molecule has 0 atom stereocenters. The summed E-state index contributed by atoms with van der Waals surface area (Å²) in [6.45, 7) is 0.554. The van der Waals surface area contributed by atoms with Gasteiger partial charge in [-0.2, -0.15) is 0 Å². The molecule has 3 nitrogen and oxygen atoms in total. The van der Waals surface area contributed by atoms with Crippen LogP contribution in [0.2, 0.25) is 0 Å². The Morgan fingerprint density at radius 1 is 1.13 bits per heavy atom. The molecule has 0 unspecified atom stereocenters. The maximum Gasteiger partial charge on any atom is 0.407 e. The van der Waals surface area contributed by atoms with Crippen LogP contribution < -0.4 is 5.32 Å². The van der Waals surface area contributed by atoms with Crippen molar-refractivity contribution in [3.05, 3.63) is 77.4 Å². The van der Waals surface area contributed by atoms with Crippen LogP contribution in [0.5, 0.6) is 0 Å². The molecule has 0 fully saturated rings. The van der Waals surface area contributed by atoms with E-state index in [0.717, 1.165) is 23.8 Å². The maximum atomic E-state index is 13.4. The van der Waals surface area contributed by atoms with Gasteiger partial charge in [0.15, 0.2) is 0 Å². The van der Waals surface area contributed by atoms with E-state index in [0.29, 0.717) is 13.0 Å². The molecule has 2 rings (SSSR count). The van der Waals surface area contributed by atoms with E-state index in [9.17, 15) is 13.6 Å². The van der Waals surface area contributed by atoms with Gasteiger partial charge in [-0.15, -0.1) is 0 Å². The lowest BCUT2D eigenvalue weighted by atomic mass is 10.2. The van der Waals surface area contributed by atoms with Crippen LogP contribution in [0, 0.1) is 11.6 Å². The van der Waals surface area contributed by atoms with Gasteiger partial charge in [0.25, 0.3) is 0 Å². The lowest BCUT2D eigenvalue weighted by Gasteiger charge is -2.05. The van der Waals surface area contributed by atoms with Crippen molar-refractivity contribution in [3.63, 3.8) is 0 Å². The zero-order chi connectivity index (χ0) is 16.5. The van der Waals surface area contributed by atoms with Crippen molar-refractivity contribution in [1.82, 2.24) is 5.32 Å². The third-order valence-electron chi connectivity index (χ3n) is 3.05. The molecule has 0 heterocycles. The number of carbonyl (C=O) groups is 1. The van der Waals surface area contributed by atoms with Crippen LogP contribution in [-0.2, 0) is 11.3 Å². The first kappa shape index (κ1) is 16.7. The van der Waals surface area contributed by atoms with E-state index < -0.39 is 17.7 Å². The summed E-state index contributed by atoms with van der Waals surface area (Å²) >= 11 is 0. The summed E-state index contributed by atoms with van der Waals surface area (Å²) < 4.78 is 31.4. The van der Waals surface area contributed by atoms with E-state index in [1.54, 1.807) is 6.08 Å². The fourth-order valence-electron chi connectivity index (χ4n) is 1.88. The van der Waals surface area contributed by atoms with Crippen molar-refractivity contribution in [2.75, 3.05) is 6.54 Å². The quantitative estimate of drug-likeness (QED) is 0.807. The molecule has 0 spiro atoms. The van der Waals surface area contributed by atoms with E-state index in [1.165, 1.54) is 6.08 Å². The average molecular weight is 317 g/mol. The highest BCUT2D eigenvalue weighted by atomic mass is 19.1. The van der Waals surface area contributed by atoms with Crippen molar-refractivity contribution in [3.8, 4) is 0 Å². The van der Waals surface area contributed by atoms with Crippen LogP contribution in [0.4, 0.5) is 13.6 Å². The predicted octanol–water partition coefficient (Wildman–Crippen LogP) is 4.29. The van der Waals surface area contributed by atoms with Crippen LogP contribution in [0.25, 0.3) is 6.08 Å². The Balaban J connectivity index is 1.67. The van der Waals surface area contributed by atoms with Crippen molar-refractivity contribution in [2.24, 2.45) is 0 Å². The normalized spacial score (nSPS) is 10.7. The van der Waals surface area contributed by atoms with Gasteiger partial charge in [-0.05, 0) is 30.2 Å². The minimum atomic E-state index is -0.515. The predicted molar refractivity (Wildman–Crippen MR) is 84.6 cm³/mol. The van der Waals surface area contributed by atoms with Crippen LogP contribution in [0.15, 0.2) is 54.6 Å². The number of hydrogen-bond acceptors (Lipinski definition) is 2. The zero-order valence-corrected chi connectivity index (χ0v) is 12.5. The van der Waals surface area contributed by atoms with Gasteiger partial charge in [-0.1, -0.05) is 42.5 Å². The summed E-state index contributed by atoms with van der Waals surface area (Å²) in [5.41, 5.74) is 1.08. The molecule has 0 saturated carbocycles. The third kappa shape index (κ3) is 5.90. The molecule has 0 aromatic heterocycles. The number of nitrogens with one attached hydrogen (secondary N) is 1. The molecule has 0 bridgehead atoms. The highest BCUT2D eigenvalue weighted by Crippen LogP contribution is 2.11. The summed E-state index contributed by atoms with van der Waals surface area (Å²) in [7, 11) is 0. The molecule has 120 valence electrons. The number of alkyl carbamates (subject to hydrolysis) is 1. The van der Waals surface area contributed by atoms with Crippen molar-refractivity contribution in [2.45, 2.75) is 13.0 Å². The number of rotatable bonds is 6. The molecule has 0 aliphatic heterocycles. The van der Waals surface area contributed by atoms with Crippen LogP contribution in [0.1, 0.15) is 17.5 Å². The molecule has 1 amide bonds. The van der Waals surface area contributed by atoms with Crippen LogP contribution >= 0.6 is 0 Å². The van der Waals surface area contributed by atoms with Gasteiger partial charge in [-0.3, -0.25) is 0 Å². The van der Waals surface area contributed by atoms with Gasteiger partial charge in [0.05, 0.1) is 0 Å². The highest BCUT2D eigenvalue weighted by molar-refractivity contribution is 5.67.